The van der Waals surface area contributed by atoms with Crippen LogP contribution >= 0.6 is 0 Å². The lowest BCUT2D eigenvalue weighted by Crippen LogP contribution is -2.39. The van der Waals surface area contributed by atoms with E-state index in [1.54, 1.807) is 43.3 Å². The first-order valence-electron chi connectivity index (χ1n) is 8.79. The molecule has 1 N–H and O–H groups in total. The number of hydrogen-bond donors (Lipinski definition) is 1. The fourth-order valence-corrected chi connectivity index (χ4v) is 2.74. The Morgan fingerprint density at radius 2 is 1.96 bits per heavy atom. The molecule has 7 nitrogen and oxygen atoms in total. The van der Waals surface area contributed by atoms with Crippen LogP contribution in [0, 0.1) is 5.82 Å². The van der Waals surface area contributed by atoms with Gasteiger partial charge in [0.2, 0.25) is 11.9 Å². The maximum Gasteiger partial charge on any atom is 0.281 e. The first-order chi connectivity index (χ1) is 13.4. The van der Waals surface area contributed by atoms with Crippen LogP contribution in [0.25, 0.3) is 10.9 Å². The molecular formula is C20H21FN4O3. The molecule has 146 valence electrons. The number of fused-ring (bicyclic) bond motifs is 1. The molecule has 0 bridgehead atoms. The Balaban J connectivity index is 1.95. The lowest BCUT2D eigenvalue weighted by atomic mass is 10.1. The van der Waals surface area contributed by atoms with Gasteiger partial charge in [-0.15, -0.1) is 0 Å². The van der Waals surface area contributed by atoms with Gasteiger partial charge in [-0.25, -0.2) is 9.37 Å². The van der Waals surface area contributed by atoms with Crippen LogP contribution in [0.4, 0.5) is 10.3 Å². The van der Waals surface area contributed by atoms with Crippen LogP contribution in [0.1, 0.15) is 12.5 Å². The molecule has 0 saturated carbocycles. The van der Waals surface area contributed by atoms with Gasteiger partial charge in [-0.2, -0.15) is 4.68 Å². The van der Waals surface area contributed by atoms with Crippen LogP contribution in [-0.2, 0) is 11.2 Å². The van der Waals surface area contributed by atoms with Crippen molar-refractivity contribution in [3.63, 3.8) is 0 Å². The van der Waals surface area contributed by atoms with Crippen molar-refractivity contribution in [1.82, 2.24) is 9.66 Å². The van der Waals surface area contributed by atoms with E-state index in [1.807, 2.05) is 6.92 Å². The van der Waals surface area contributed by atoms with E-state index in [0.29, 0.717) is 12.3 Å². The van der Waals surface area contributed by atoms with E-state index >= 15 is 0 Å². The van der Waals surface area contributed by atoms with Crippen molar-refractivity contribution >= 4 is 22.8 Å². The number of benzene rings is 2. The van der Waals surface area contributed by atoms with E-state index in [-0.39, 0.29) is 29.2 Å². The molecule has 0 fully saturated rings. The largest absolute Gasteiger partial charge is 0.497 e. The van der Waals surface area contributed by atoms with Crippen molar-refractivity contribution in [2.75, 3.05) is 31.0 Å². The van der Waals surface area contributed by atoms with Crippen molar-refractivity contribution in [1.29, 1.82) is 0 Å². The summed E-state index contributed by atoms with van der Waals surface area (Å²) in [6, 6.07) is 10.8. The smallest absolute Gasteiger partial charge is 0.281 e. The fraction of sp³-hybridized carbons (Fsp3) is 0.250. The Hall–Kier alpha value is -3.42. The van der Waals surface area contributed by atoms with Gasteiger partial charge < -0.3 is 9.64 Å². The minimum absolute atomic E-state index is 0.0766. The highest BCUT2D eigenvalue weighted by molar-refractivity contribution is 5.87. The normalized spacial score (nSPS) is 10.7. The average Bonchev–Trinajstić information content (AvgIpc) is 2.69. The molecule has 0 spiro atoms. The van der Waals surface area contributed by atoms with Crippen molar-refractivity contribution in [3.05, 3.63) is 64.2 Å². The maximum absolute atomic E-state index is 13.5. The Kier molecular flexibility index (Phi) is 5.58. The van der Waals surface area contributed by atoms with E-state index in [0.717, 1.165) is 10.2 Å². The van der Waals surface area contributed by atoms with E-state index in [9.17, 15) is 14.0 Å². The average molecular weight is 384 g/mol. The molecular weight excluding hydrogens is 363 g/mol. The second-order valence-corrected chi connectivity index (χ2v) is 6.29. The monoisotopic (exact) mass is 384 g/mol. The van der Waals surface area contributed by atoms with Gasteiger partial charge in [0.05, 0.1) is 24.4 Å². The molecule has 3 aromatic rings. The Morgan fingerprint density at radius 1 is 1.25 bits per heavy atom. The lowest BCUT2D eigenvalue weighted by Gasteiger charge is -2.21. The van der Waals surface area contributed by atoms with E-state index in [4.69, 9.17) is 4.74 Å². The zero-order chi connectivity index (χ0) is 20.3. The van der Waals surface area contributed by atoms with Crippen molar-refractivity contribution in [2.24, 2.45) is 0 Å². The molecule has 1 aromatic heterocycles. The predicted octanol–water partition coefficient (Wildman–Crippen LogP) is 2.31. The lowest BCUT2D eigenvalue weighted by molar-refractivity contribution is -0.116. The van der Waals surface area contributed by atoms with E-state index < -0.39 is 11.4 Å². The number of carbonyl (C=O) groups is 1. The highest BCUT2D eigenvalue weighted by Gasteiger charge is 2.16. The third-order valence-electron chi connectivity index (χ3n) is 4.39. The van der Waals surface area contributed by atoms with Crippen LogP contribution < -0.4 is 20.6 Å². The summed E-state index contributed by atoms with van der Waals surface area (Å²) in [6.45, 7) is 2.42. The first-order valence-corrected chi connectivity index (χ1v) is 8.79. The molecule has 0 atom stereocenters. The summed E-state index contributed by atoms with van der Waals surface area (Å²) in [5, 5.41) is 0.222. The number of methoxy groups -OCH3 is 1. The molecule has 1 heterocycles. The number of nitrogens with zero attached hydrogens (tertiary/aromatic N) is 3. The molecule has 8 heteroatoms. The number of hydrogen-bond acceptors (Lipinski definition) is 5. The first kappa shape index (κ1) is 19.3. The number of anilines is 1. The van der Waals surface area contributed by atoms with Gasteiger partial charge in [-0.3, -0.25) is 15.0 Å². The van der Waals surface area contributed by atoms with Gasteiger partial charge in [-0.1, -0.05) is 12.1 Å². The summed E-state index contributed by atoms with van der Waals surface area (Å²) >= 11 is 0. The van der Waals surface area contributed by atoms with E-state index in [1.165, 1.54) is 18.2 Å². The van der Waals surface area contributed by atoms with Crippen LogP contribution in [0.2, 0.25) is 0 Å². The standard InChI is InChI=1S/C20H21FN4O3/c1-4-24(2)20-22-17-12-14(21)7-10-16(17)19(27)25(20)23-18(26)11-13-5-8-15(28-3)9-6-13/h5-10,12H,4,11H2,1-3H3,(H,23,26). The Labute approximate surface area is 161 Å². The van der Waals surface area contributed by atoms with Crippen molar-refractivity contribution < 1.29 is 13.9 Å². The fourth-order valence-electron chi connectivity index (χ4n) is 2.74. The van der Waals surface area contributed by atoms with E-state index in [2.05, 4.69) is 10.4 Å². The number of nitrogens with one attached hydrogen (secondary N) is 1. The highest BCUT2D eigenvalue weighted by atomic mass is 19.1. The van der Waals surface area contributed by atoms with Crippen LogP contribution in [0.3, 0.4) is 0 Å². The topological polar surface area (TPSA) is 76.5 Å². The third-order valence-corrected chi connectivity index (χ3v) is 4.39. The number of rotatable bonds is 6. The molecule has 0 aliphatic rings. The minimum atomic E-state index is -0.481. The number of carbonyl (C=O) groups excluding carboxylic acids is 1. The molecule has 0 aliphatic heterocycles. The van der Waals surface area contributed by atoms with Gasteiger partial charge >= 0.3 is 0 Å². The van der Waals surface area contributed by atoms with Gasteiger partial charge in [0.25, 0.3) is 5.56 Å². The molecule has 3 rings (SSSR count). The van der Waals surface area contributed by atoms with Crippen LogP contribution in [0.5, 0.6) is 5.75 Å². The summed E-state index contributed by atoms with van der Waals surface area (Å²) in [4.78, 5) is 31.5. The summed E-state index contributed by atoms with van der Waals surface area (Å²) in [5.41, 5.74) is 3.15. The third kappa shape index (κ3) is 3.95. The zero-order valence-corrected chi connectivity index (χ0v) is 15.9. The summed E-state index contributed by atoms with van der Waals surface area (Å²) in [5.74, 6) is 0.0685. The maximum atomic E-state index is 13.5. The summed E-state index contributed by atoms with van der Waals surface area (Å²) < 4.78 is 19.8. The number of ether oxygens (including phenoxy) is 1. The molecule has 0 saturated heterocycles. The predicted molar refractivity (Wildman–Crippen MR) is 106 cm³/mol. The molecule has 28 heavy (non-hydrogen) atoms. The number of halogens is 1. The molecule has 0 aliphatic carbocycles. The highest BCUT2D eigenvalue weighted by Crippen LogP contribution is 2.15. The quantitative estimate of drug-likeness (QED) is 0.706. The van der Waals surface area contributed by atoms with Crippen molar-refractivity contribution in [3.8, 4) is 5.75 Å². The van der Waals surface area contributed by atoms with Gasteiger partial charge in [0.15, 0.2) is 0 Å². The second-order valence-electron chi connectivity index (χ2n) is 6.29. The molecule has 1 amide bonds. The second kappa shape index (κ2) is 8.08. The molecule has 0 unspecified atom stereocenters. The van der Waals surface area contributed by atoms with Gasteiger partial charge in [-0.05, 0) is 36.8 Å². The van der Waals surface area contributed by atoms with Crippen LogP contribution in [0.15, 0.2) is 47.3 Å². The number of amides is 1. The Bertz CT molecular complexity index is 1060. The van der Waals surface area contributed by atoms with Crippen molar-refractivity contribution in [2.45, 2.75) is 13.3 Å². The zero-order valence-electron chi connectivity index (χ0n) is 15.9. The summed E-state index contributed by atoms with van der Waals surface area (Å²) in [6.07, 6.45) is 0.0766. The molecule has 0 radical (unpaired) electrons. The Morgan fingerprint density at radius 3 is 2.61 bits per heavy atom. The van der Waals surface area contributed by atoms with Gasteiger partial charge in [0.1, 0.15) is 11.6 Å². The minimum Gasteiger partial charge on any atom is -0.497 e. The van der Waals surface area contributed by atoms with Gasteiger partial charge in [0, 0.05) is 19.7 Å². The summed E-state index contributed by atoms with van der Waals surface area (Å²) in [7, 11) is 3.30. The number of aromatic nitrogens is 2. The van der Waals surface area contributed by atoms with Crippen LogP contribution in [-0.4, -0.2) is 36.3 Å². The molecule has 2 aromatic carbocycles. The SMILES string of the molecule is CCN(C)c1nc2cc(F)ccc2c(=O)n1NC(=O)Cc1ccc(OC)cc1.